The van der Waals surface area contributed by atoms with E-state index in [1.165, 1.54) is 19.3 Å². The number of hydrogen-bond acceptors (Lipinski definition) is 7. The third kappa shape index (κ3) is 5.04. The summed E-state index contributed by atoms with van der Waals surface area (Å²) >= 11 is 0. The molecule has 0 radical (unpaired) electrons. The van der Waals surface area contributed by atoms with Crippen LogP contribution in [0.25, 0.3) is 11.2 Å². The third-order valence-corrected chi connectivity index (χ3v) is 5.34. The Labute approximate surface area is 166 Å². The summed E-state index contributed by atoms with van der Waals surface area (Å²) in [4.78, 5) is 13.3. The highest BCUT2D eigenvalue weighted by Gasteiger charge is 2.19. The van der Waals surface area contributed by atoms with Crippen LogP contribution in [0.1, 0.15) is 58.8 Å². The lowest BCUT2D eigenvalue weighted by molar-refractivity contribution is 0.0630. The van der Waals surface area contributed by atoms with Crippen molar-refractivity contribution < 1.29 is 14.2 Å². The van der Waals surface area contributed by atoms with Crippen molar-refractivity contribution in [2.75, 3.05) is 26.1 Å². The molecule has 2 aromatic rings. The fourth-order valence-corrected chi connectivity index (χ4v) is 3.77. The van der Waals surface area contributed by atoms with E-state index in [0.717, 1.165) is 51.4 Å². The molecular formula is C20H33N5O3. The van der Waals surface area contributed by atoms with Crippen molar-refractivity contribution in [1.29, 1.82) is 0 Å². The number of anilines is 1. The molecule has 3 heterocycles. The van der Waals surface area contributed by atoms with E-state index in [0.29, 0.717) is 29.0 Å². The van der Waals surface area contributed by atoms with Gasteiger partial charge in [0, 0.05) is 19.8 Å². The molecule has 0 aromatic carbocycles. The van der Waals surface area contributed by atoms with Crippen LogP contribution < -0.4 is 15.2 Å². The fourth-order valence-electron chi connectivity index (χ4n) is 3.77. The van der Waals surface area contributed by atoms with Crippen LogP contribution in [0.3, 0.4) is 0 Å². The first kappa shape index (κ1) is 20.6. The van der Waals surface area contributed by atoms with Gasteiger partial charge in [-0.25, -0.2) is 0 Å². The normalized spacial score (nSPS) is 16.4. The second kappa shape index (κ2) is 9.91. The van der Waals surface area contributed by atoms with Crippen LogP contribution in [-0.4, -0.2) is 45.9 Å². The topological polar surface area (TPSA) is 97.3 Å². The maximum Gasteiger partial charge on any atom is 0.320 e. The maximum atomic E-state index is 6.12. The van der Waals surface area contributed by atoms with Gasteiger partial charge >= 0.3 is 6.01 Å². The highest BCUT2D eigenvalue weighted by molar-refractivity contribution is 5.83. The molecule has 1 atom stereocenters. The molecule has 28 heavy (non-hydrogen) atoms. The van der Waals surface area contributed by atoms with Crippen molar-refractivity contribution in [3.8, 4) is 12.0 Å². The van der Waals surface area contributed by atoms with Gasteiger partial charge in [-0.05, 0) is 38.5 Å². The van der Waals surface area contributed by atoms with Crippen LogP contribution in [0.2, 0.25) is 0 Å². The minimum Gasteiger partial charge on any atom is -0.468 e. The van der Waals surface area contributed by atoms with Crippen LogP contribution >= 0.6 is 0 Å². The van der Waals surface area contributed by atoms with Gasteiger partial charge < -0.3 is 19.9 Å². The van der Waals surface area contributed by atoms with E-state index in [4.69, 9.17) is 19.9 Å². The Morgan fingerprint density at radius 1 is 1.21 bits per heavy atom. The molecular weight excluding hydrogens is 358 g/mol. The maximum absolute atomic E-state index is 6.12. The number of methoxy groups -OCH3 is 1. The molecule has 1 aliphatic heterocycles. The van der Waals surface area contributed by atoms with Crippen LogP contribution in [0, 0.1) is 5.92 Å². The second-order valence-electron chi connectivity index (χ2n) is 7.58. The van der Waals surface area contributed by atoms with Crippen LogP contribution in [0.15, 0.2) is 0 Å². The Bertz CT molecular complexity index is 758. The summed E-state index contributed by atoms with van der Waals surface area (Å²) in [7, 11) is 1.62. The first-order chi connectivity index (χ1) is 13.6. The lowest BCUT2D eigenvalue weighted by Gasteiger charge is -2.21. The molecule has 1 saturated heterocycles. The van der Waals surface area contributed by atoms with E-state index in [1.54, 1.807) is 7.11 Å². The summed E-state index contributed by atoms with van der Waals surface area (Å²) in [5.41, 5.74) is 7.36. The minimum absolute atomic E-state index is 0.0413. The number of rotatable bonds is 10. The number of nitrogens with two attached hydrogens (primary N) is 1. The second-order valence-corrected chi connectivity index (χ2v) is 7.58. The number of aryl methyl sites for hydroxylation is 1. The van der Waals surface area contributed by atoms with Crippen LogP contribution in [-0.2, 0) is 11.3 Å². The Morgan fingerprint density at radius 2 is 2.00 bits per heavy atom. The molecule has 2 N–H and O–H groups in total. The number of fused-ring (bicyclic) bond motifs is 1. The van der Waals surface area contributed by atoms with Crippen molar-refractivity contribution in [1.82, 2.24) is 19.5 Å². The predicted molar refractivity (Wildman–Crippen MR) is 109 cm³/mol. The van der Waals surface area contributed by atoms with Crippen molar-refractivity contribution >= 4 is 17.0 Å². The van der Waals surface area contributed by atoms with Crippen molar-refractivity contribution in [3.05, 3.63) is 0 Å². The molecule has 2 aromatic heterocycles. The molecule has 0 amide bonds. The monoisotopic (exact) mass is 391 g/mol. The van der Waals surface area contributed by atoms with Gasteiger partial charge in [0.25, 0.3) is 6.01 Å². The fraction of sp³-hybridized carbons (Fsp3) is 0.750. The van der Waals surface area contributed by atoms with Gasteiger partial charge in [0.05, 0.1) is 13.2 Å². The molecule has 0 aliphatic carbocycles. The molecule has 3 rings (SSSR count). The number of unbranched alkanes of at least 4 members (excludes halogenated alkanes) is 1. The summed E-state index contributed by atoms with van der Waals surface area (Å²) < 4.78 is 18.7. The largest absolute Gasteiger partial charge is 0.468 e. The van der Waals surface area contributed by atoms with Gasteiger partial charge in [0.2, 0.25) is 0 Å². The van der Waals surface area contributed by atoms with Gasteiger partial charge in [0.15, 0.2) is 17.0 Å². The molecule has 0 spiro atoms. The van der Waals surface area contributed by atoms with Crippen LogP contribution in [0.5, 0.6) is 12.0 Å². The minimum atomic E-state index is 0.0413. The Balaban J connectivity index is 1.70. The molecule has 1 aliphatic rings. The van der Waals surface area contributed by atoms with Crippen molar-refractivity contribution in [3.63, 3.8) is 0 Å². The first-order valence-electron chi connectivity index (χ1n) is 10.4. The SMILES string of the molecule is CCC[C@H](C)Oc1nc(N)c2nc(OC)n(CCCCC3CCOCC3)c2n1. The van der Waals surface area contributed by atoms with E-state index >= 15 is 0 Å². The number of ether oxygens (including phenoxy) is 3. The quantitative estimate of drug-likeness (QED) is 0.618. The first-order valence-corrected chi connectivity index (χ1v) is 10.4. The molecule has 156 valence electrons. The lowest BCUT2D eigenvalue weighted by atomic mass is 9.94. The van der Waals surface area contributed by atoms with Crippen molar-refractivity contribution in [2.24, 2.45) is 5.92 Å². The average molecular weight is 392 g/mol. The standard InChI is InChI=1S/C20H33N5O3/c1-4-7-14(2)28-19-23-17(21)16-18(24-19)25(20(22-16)26-3)11-6-5-8-15-9-12-27-13-10-15/h14-15H,4-13H2,1-3H3,(H2,21,23,24)/t14-/m0/s1. The predicted octanol–water partition coefficient (Wildman–Crippen LogP) is 3.58. The zero-order chi connectivity index (χ0) is 19.9. The molecule has 1 fully saturated rings. The Morgan fingerprint density at radius 3 is 2.71 bits per heavy atom. The summed E-state index contributed by atoms with van der Waals surface area (Å²) in [6.07, 6.45) is 7.80. The van der Waals surface area contributed by atoms with Gasteiger partial charge in [-0.3, -0.25) is 4.57 Å². The molecule has 0 saturated carbocycles. The highest BCUT2D eigenvalue weighted by Crippen LogP contribution is 2.27. The molecule has 8 heteroatoms. The van der Waals surface area contributed by atoms with E-state index in [1.807, 2.05) is 11.5 Å². The van der Waals surface area contributed by atoms with Gasteiger partial charge in [0.1, 0.15) is 0 Å². The summed E-state index contributed by atoms with van der Waals surface area (Å²) in [6.45, 7) is 6.73. The van der Waals surface area contributed by atoms with E-state index in [2.05, 4.69) is 21.9 Å². The third-order valence-electron chi connectivity index (χ3n) is 5.34. The summed E-state index contributed by atoms with van der Waals surface area (Å²) in [5.74, 6) is 1.11. The molecule has 0 bridgehead atoms. The van der Waals surface area contributed by atoms with Gasteiger partial charge in [-0.1, -0.05) is 26.2 Å². The number of aromatic nitrogens is 4. The summed E-state index contributed by atoms with van der Waals surface area (Å²) in [6, 6.07) is 0.817. The number of imidazole rings is 1. The zero-order valence-electron chi connectivity index (χ0n) is 17.3. The lowest BCUT2D eigenvalue weighted by Crippen LogP contribution is -2.15. The number of nitrogens with zero attached hydrogens (tertiary/aromatic N) is 4. The van der Waals surface area contributed by atoms with Gasteiger partial charge in [-0.15, -0.1) is 0 Å². The summed E-state index contributed by atoms with van der Waals surface area (Å²) in [5, 5.41) is 0. The van der Waals surface area contributed by atoms with Crippen LogP contribution in [0.4, 0.5) is 5.82 Å². The zero-order valence-corrected chi connectivity index (χ0v) is 17.3. The van der Waals surface area contributed by atoms with E-state index < -0.39 is 0 Å². The number of nitrogen functional groups attached to an aromatic ring is 1. The van der Waals surface area contributed by atoms with Gasteiger partial charge in [-0.2, -0.15) is 15.0 Å². The Hall–Kier alpha value is -2.09. The molecule has 0 unspecified atom stereocenters. The Kier molecular flexibility index (Phi) is 7.30. The smallest absolute Gasteiger partial charge is 0.320 e. The average Bonchev–Trinajstić information content (AvgIpc) is 3.04. The molecule has 8 nitrogen and oxygen atoms in total. The van der Waals surface area contributed by atoms with Crippen molar-refractivity contribution in [2.45, 2.75) is 71.4 Å². The highest BCUT2D eigenvalue weighted by atomic mass is 16.5. The van der Waals surface area contributed by atoms with E-state index in [9.17, 15) is 0 Å². The van der Waals surface area contributed by atoms with E-state index in [-0.39, 0.29) is 6.10 Å². The number of hydrogen-bond donors (Lipinski definition) is 1.